The second kappa shape index (κ2) is 50.2. The molecular formula is C55H92O5. The maximum Gasteiger partial charge on any atom is 0.306 e. The Kier molecular flexibility index (Phi) is 47.5. The minimum absolute atomic E-state index is 0.0446. The van der Waals surface area contributed by atoms with Gasteiger partial charge in [0.25, 0.3) is 0 Å². The Bertz CT molecular complexity index is 1170. The van der Waals surface area contributed by atoms with Crippen LogP contribution in [0.4, 0.5) is 0 Å². The van der Waals surface area contributed by atoms with E-state index >= 15 is 0 Å². The van der Waals surface area contributed by atoms with Crippen molar-refractivity contribution in [1.82, 2.24) is 0 Å². The topological polar surface area (TPSA) is 61.8 Å². The molecule has 1 atom stereocenters. The summed E-state index contributed by atoms with van der Waals surface area (Å²) in [5.41, 5.74) is 0. The molecule has 0 radical (unpaired) electrons. The Balaban J connectivity index is 4.39. The SMILES string of the molecule is CC/C=C\C/C=C\C/C=C\C/C=C\CCCCC(=O)OCC(COCCCCCCCC/C=C\CCCCCCCC)OC(=O)CCCCC/C=C\C/C=C\C/C=C\CC. The van der Waals surface area contributed by atoms with E-state index in [2.05, 4.69) is 118 Å². The molecule has 0 aromatic heterocycles. The minimum Gasteiger partial charge on any atom is -0.462 e. The molecule has 1 unspecified atom stereocenters. The Morgan fingerprint density at radius 3 is 1.25 bits per heavy atom. The van der Waals surface area contributed by atoms with Crippen molar-refractivity contribution in [2.24, 2.45) is 0 Å². The van der Waals surface area contributed by atoms with Crippen molar-refractivity contribution in [3.63, 3.8) is 0 Å². The molecule has 0 fully saturated rings. The fraction of sp³-hybridized carbons (Fsp3) is 0.673. The molecule has 5 nitrogen and oxygen atoms in total. The summed E-state index contributed by atoms with van der Waals surface area (Å²) in [6, 6.07) is 0. The van der Waals surface area contributed by atoms with Crippen molar-refractivity contribution >= 4 is 11.9 Å². The summed E-state index contributed by atoms with van der Waals surface area (Å²) in [6.45, 7) is 7.50. The molecule has 0 spiro atoms. The normalized spacial score (nSPS) is 13.1. The summed E-state index contributed by atoms with van der Waals surface area (Å²) in [6.07, 6.45) is 67.0. The standard InChI is InChI=1S/C55H92O5/c1-4-7-10-13-16-19-22-25-27-29-32-35-38-41-44-47-50-58-51-53(60-55(57)49-46-43-40-37-34-30-24-21-18-15-12-9-6-3)52-59-54(56)48-45-42-39-36-33-31-28-26-23-20-17-14-11-8-5-2/h8-9,11-12,17-18,20-21,25-28,30,33-34,36,53H,4-7,10,13-16,19,22-24,29,31-32,35,37-52H2,1-3H3/b11-8-,12-9-,20-17-,21-18-,27-25-,28-26-,34-30-,36-33-. The van der Waals surface area contributed by atoms with Crippen LogP contribution in [0.2, 0.25) is 0 Å². The van der Waals surface area contributed by atoms with Crippen LogP contribution in [-0.2, 0) is 23.8 Å². The molecule has 5 heteroatoms. The van der Waals surface area contributed by atoms with Crippen LogP contribution in [0.15, 0.2) is 97.2 Å². The number of esters is 2. The summed E-state index contributed by atoms with van der Waals surface area (Å²) >= 11 is 0. The van der Waals surface area contributed by atoms with Gasteiger partial charge in [0.15, 0.2) is 6.10 Å². The second-order valence-electron chi connectivity index (χ2n) is 15.9. The van der Waals surface area contributed by atoms with Crippen molar-refractivity contribution in [3.05, 3.63) is 97.2 Å². The zero-order chi connectivity index (χ0) is 43.5. The molecule has 0 bridgehead atoms. The Labute approximate surface area is 371 Å². The second-order valence-corrected chi connectivity index (χ2v) is 15.9. The van der Waals surface area contributed by atoms with Gasteiger partial charge in [-0.05, 0) is 116 Å². The van der Waals surface area contributed by atoms with Crippen LogP contribution in [0.1, 0.15) is 213 Å². The van der Waals surface area contributed by atoms with E-state index in [4.69, 9.17) is 14.2 Å². The number of hydrogen-bond donors (Lipinski definition) is 0. The molecule has 0 aliphatic heterocycles. The molecule has 342 valence electrons. The highest BCUT2D eigenvalue weighted by molar-refractivity contribution is 5.70. The smallest absolute Gasteiger partial charge is 0.306 e. The monoisotopic (exact) mass is 833 g/mol. The highest BCUT2D eigenvalue weighted by Crippen LogP contribution is 2.12. The van der Waals surface area contributed by atoms with Crippen molar-refractivity contribution in [2.45, 2.75) is 219 Å². The van der Waals surface area contributed by atoms with Gasteiger partial charge in [-0.2, -0.15) is 0 Å². The summed E-state index contributed by atoms with van der Waals surface area (Å²) in [5.74, 6) is -0.487. The molecule has 0 aliphatic rings. The van der Waals surface area contributed by atoms with Crippen LogP contribution in [0.25, 0.3) is 0 Å². The van der Waals surface area contributed by atoms with Gasteiger partial charge in [0, 0.05) is 19.4 Å². The van der Waals surface area contributed by atoms with E-state index in [1.807, 2.05) is 0 Å². The Morgan fingerprint density at radius 2 is 0.750 bits per heavy atom. The van der Waals surface area contributed by atoms with E-state index in [1.165, 1.54) is 77.0 Å². The largest absolute Gasteiger partial charge is 0.462 e. The highest BCUT2D eigenvalue weighted by atomic mass is 16.6. The van der Waals surface area contributed by atoms with Crippen LogP contribution in [0, 0.1) is 0 Å². The summed E-state index contributed by atoms with van der Waals surface area (Å²) < 4.78 is 17.3. The predicted molar refractivity (Wildman–Crippen MR) is 260 cm³/mol. The molecule has 0 rings (SSSR count). The lowest BCUT2D eigenvalue weighted by atomic mass is 10.1. The van der Waals surface area contributed by atoms with E-state index in [0.29, 0.717) is 19.4 Å². The molecule has 0 N–H and O–H groups in total. The molecule has 0 saturated heterocycles. The van der Waals surface area contributed by atoms with Crippen LogP contribution in [0.3, 0.4) is 0 Å². The number of unbranched alkanes of at least 4 members (excludes halogenated alkanes) is 17. The first-order valence-corrected chi connectivity index (χ1v) is 24.8. The molecule has 0 aliphatic carbocycles. The van der Waals surface area contributed by atoms with Gasteiger partial charge in [-0.25, -0.2) is 0 Å². The van der Waals surface area contributed by atoms with E-state index in [0.717, 1.165) is 103 Å². The quantitative estimate of drug-likeness (QED) is 0.0348. The summed E-state index contributed by atoms with van der Waals surface area (Å²) in [5, 5.41) is 0. The van der Waals surface area contributed by atoms with Crippen molar-refractivity contribution < 1.29 is 23.8 Å². The summed E-state index contributed by atoms with van der Waals surface area (Å²) in [7, 11) is 0. The lowest BCUT2D eigenvalue weighted by Gasteiger charge is -2.18. The van der Waals surface area contributed by atoms with Gasteiger partial charge in [-0.15, -0.1) is 0 Å². The average Bonchev–Trinajstić information content (AvgIpc) is 3.25. The Morgan fingerprint density at radius 1 is 0.383 bits per heavy atom. The van der Waals surface area contributed by atoms with Crippen LogP contribution in [-0.4, -0.2) is 37.9 Å². The zero-order valence-corrected chi connectivity index (χ0v) is 39.2. The molecule has 0 saturated carbocycles. The number of carbonyl (C=O) groups excluding carboxylic acids is 2. The van der Waals surface area contributed by atoms with Gasteiger partial charge >= 0.3 is 11.9 Å². The van der Waals surface area contributed by atoms with Crippen LogP contribution < -0.4 is 0 Å². The number of allylic oxidation sites excluding steroid dienone is 16. The molecule has 0 aromatic rings. The van der Waals surface area contributed by atoms with Gasteiger partial charge in [-0.1, -0.05) is 182 Å². The lowest BCUT2D eigenvalue weighted by Crippen LogP contribution is -2.30. The number of hydrogen-bond acceptors (Lipinski definition) is 5. The van der Waals surface area contributed by atoms with Crippen LogP contribution >= 0.6 is 0 Å². The van der Waals surface area contributed by atoms with Gasteiger partial charge in [0.05, 0.1) is 6.61 Å². The fourth-order valence-corrected chi connectivity index (χ4v) is 6.45. The maximum absolute atomic E-state index is 12.8. The number of carbonyl (C=O) groups is 2. The van der Waals surface area contributed by atoms with E-state index in [-0.39, 0.29) is 25.2 Å². The zero-order valence-electron chi connectivity index (χ0n) is 39.2. The lowest BCUT2D eigenvalue weighted by molar-refractivity contribution is -0.163. The molecule has 0 aromatic carbocycles. The minimum atomic E-state index is -0.576. The van der Waals surface area contributed by atoms with Crippen LogP contribution in [0.5, 0.6) is 0 Å². The number of ether oxygens (including phenoxy) is 3. The Hall–Kier alpha value is -3.18. The first kappa shape index (κ1) is 56.8. The van der Waals surface area contributed by atoms with Gasteiger partial charge < -0.3 is 14.2 Å². The molecule has 60 heavy (non-hydrogen) atoms. The van der Waals surface area contributed by atoms with Gasteiger partial charge in [-0.3, -0.25) is 9.59 Å². The third kappa shape index (κ3) is 47.5. The first-order chi connectivity index (χ1) is 29.6. The average molecular weight is 833 g/mol. The van der Waals surface area contributed by atoms with E-state index in [9.17, 15) is 9.59 Å². The molecular weight excluding hydrogens is 741 g/mol. The van der Waals surface area contributed by atoms with E-state index < -0.39 is 6.10 Å². The van der Waals surface area contributed by atoms with Crippen molar-refractivity contribution in [3.8, 4) is 0 Å². The van der Waals surface area contributed by atoms with E-state index in [1.54, 1.807) is 0 Å². The number of rotatable bonds is 44. The molecule has 0 amide bonds. The molecule has 0 heterocycles. The van der Waals surface area contributed by atoms with Crippen molar-refractivity contribution in [1.29, 1.82) is 0 Å². The third-order valence-corrected chi connectivity index (χ3v) is 10.1. The summed E-state index contributed by atoms with van der Waals surface area (Å²) in [4.78, 5) is 25.3. The predicted octanol–water partition coefficient (Wildman–Crippen LogP) is 16.7. The maximum atomic E-state index is 12.8. The van der Waals surface area contributed by atoms with Gasteiger partial charge in [0.2, 0.25) is 0 Å². The van der Waals surface area contributed by atoms with Gasteiger partial charge in [0.1, 0.15) is 6.61 Å². The third-order valence-electron chi connectivity index (χ3n) is 10.1. The highest BCUT2D eigenvalue weighted by Gasteiger charge is 2.17. The van der Waals surface area contributed by atoms with Crippen molar-refractivity contribution in [2.75, 3.05) is 19.8 Å². The fourth-order valence-electron chi connectivity index (χ4n) is 6.45. The first-order valence-electron chi connectivity index (χ1n) is 24.8.